The molecule has 2 fully saturated rings. The van der Waals surface area contributed by atoms with Crippen molar-refractivity contribution in [3.05, 3.63) is 65.5 Å². The largest absolute Gasteiger partial charge is 0.448 e. The Balaban J connectivity index is 1.51. The first-order valence-electron chi connectivity index (χ1n) is 14.0. The number of halogens is 1. The third-order valence-corrected chi connectivity index (χ3v) is 9.40. The fourth-order valence-electron chi connectivity index (χ4n) is 5.41. The standard InChI is InChI=1S/C30H40FN3O6S/c1-21-12-14-26(15-13-21)41(37,38)34-25(10-7-11-27(34)23-8-6-9-24(31)18-23)20-39-29(36)33-17-16-32(19-22(33)2)28(35)40-30(3,4)5/h6,8-9,12-15,18,22,25,27H,7,10-11,16-17,19-20H2,1-5H3/t22?,25-,27+/m1/s1. The number of carbonyl (C=O) groups excluding carboxylic acids is 2. The average Bonchev–Trinajstić information content (AvgIpc) is 2.90. The highest BCUT2D eigenvalue weighted by atomic mass is 32.2. The Morgan fingerprint density at radius 1 is 1.02 bits per heavy atom. The van der Waals surface area contributed by atoms with E-state index in [4.69, 9.17) is 9.47 Å². The van der Waals surface area contributed by atoms with Crippen molar-refractivity contribution in [2.75, 3.05) is 26.2 Å². The van der Waals surface area contributed by atoms with Crippen LogP contribution in [0.2, 0.25) is 0 Å². The Morgan fingerprint density at radius 2 is 1.73 bits per heavy atom. The Morgan fingerprint density at radius 3 is 2.37 bits per heavy atom. The molecule has 2 aliphatic heterocycles. The monoisotopic (exact) mass is 589 g/mol. The van der Waals surface area contributed by atoms with Crippen LogP contribution in [0.3, 0.4) is 0 Å². The van der Waals surface area contributed by atoms with Crippen LogP contribution in [-0.2, 0) is 19.5 Å². The molecule has 2 saturated heterocycles. The lowest BCUT2D eigenvalue weighted by Gasteiger charge is -2.42. The lowest BCUT2D eigenvalue weighted by molar-refractivity contribution is 0.00101. The van der Waals surface area contributed by atoms with Gasteiger partial charge in [0.05, 0.1) is 23.0 Å². The minimum absolute atomic E-state index is 0.134. The molecule has 2 aliphatic rings. The van der Waals surface area contributed by atoms with E-state index in [1.807, 2.05) is 13.8 Å². The van der Waals surface area contributed by atoms with Gasteiger partial charge in [-0.3, -0.25) is 0 Å². The molecule has 2 aromatic carbocycles. The number of hydrogen-bond donors (Lipinski definition) is 0. The molecule has 2 heterocycles. The average molecular weight is 590 g/mol. The summed E-state index contributed by atoms with van der Waals surface area (Å²) in [6.45, 7) is 9.82. The molecular weight excluding hydrogens is 549 g/mol. The Kier molecular flexibility index (Phi) is 9.28. The molecule has 41 heavy (non-hydrogen) atoms. The van der Waals surface area contributed by atoms with E-state index in [0.717, 1.165) is 5.56 Å². The van der Waals surface area contributed by atoms with Gasteiger partial charge < -0.3 is 19.3 Å². The molecule has 0 spiro atoms. The van der Waals surface area contributed by atoms with Crippen LogP contribution in [0.15, 0.2) is 53.4 Å². The summed E-state index contributed by atoms with van der Waals surface area (Å²) in [5, 5.41) is 0. The highest BCUT2D eigenvalue weighted by Crippen LogP contribution is 2.39. The number of piperidine rings is 1. The minimum Gasteiger partial charge on any atom is -0.448 e. The van der Waals surface area contributed by atoms with Crippen LogP contribution in [0, 0.1) is 12.7 Å². The first-order valence-corrected chi connectivity index (χ1v) is 15.5. The molecule has 0 aromatic heterocycles. The Bertz CT molecular complexity index is 1340. The van der Waals surface area contributed by atoms with Gasteiger partial charge in [-0.15, -0.1) is 0 Å². The lowest BCUT2D eigenvalue weighted by Crippen LogP contribution is -2.56. The number of carbonyl (C=O) groups is 2. The lowest BCUT2D eigenvalue weighted by atomic mass is 9.93. The second-order valence-corrected chi connectivity index (χ2v) is 13.7. The van der Waals surface area contributed by atoms with E-state index < -0.39 is 45.7 Å². The summed E-state index contributed by atoms with van der Waals surface area (Å²) in [4.78, 5) is 28.9. The summed E-state index contributed by atoms with van der Waals surface area (Å²) in [7, 11) is -4.01. The van der Waals surface area contributed by atoms with Gasteiger partial charge in [0.25, 0.3) is 0 Å². The Labute approximate surface area is 242 Å². The molecule has 9 nitrogen and oxygen atoms in total. The molecule has 2 aromatic rings. The number of amides is 2. The normalized spacial score (nSPS) is 22.3. The van der Waals surface area contributed by atoms with Crippen molar-refractivity contribution in [2.24, 2.45) is 0 Å². The molecule has 0 bridgehead atoms. The fraction of sp³-hybridized carbons (Fsp3) is 0.533. The van der Waals surface area contributed by atoms with Gasteiger partial charge in [0, 0.05) is 19.6 Å². The fourth-order valence-corrected chi connectivity index (χ4v) is 7.25. The molecule has 0 N–H and O–H groups in total. The second kappa shape index (κ2) is 12.4. The van der Waals surface area contributed by atoms with Crippen molar-refractivity contribution in [2.45, 2.75) is 82.5 Å². The summed E-state index contributed by atoms with van der Waals surface area (Å²) in [5.41, 5.74) is 0.865. The van der Waals surface area contributed by atoms with Crippen LogP contribution in [-0.4, -0.2) is 78.6 Å². The summed E-state index contributed by atoms with van der Waals surface area (Å²) >= 11 is 0. The van der Waals surface area contributed by atoms with Gasteiger partial charge in [-0.1, -0.05) is 29.8 Å². The molecule has 0 aliphatic carbocycles. The summed E-state index contributed by atoms with van der Waals surface area (Å²) in [5.74, 6) is -0.441. The molecule has 4 rings (SSSR count). The van der Waals surface area contributed by atoms with Crippen LogP contribution in [0.4, 0.5) is 14.0 Å². The van der Waals surface area contributed by atoms with E-state index in [1.54, 1.807) is 67.0 Å². The van der Waals surface area contributed by atoms with Gasteiger partial charge in [-0.25, -0.2) is 22.4 Å². The first kappa shape index (κ1) is 30.8. The topological polar surface area (TPSA) is 96.5 Å². The SMILES string of the molecule is Cc1ccc(S(=O)(=O)N2[C@@H](COC(=O)N3CCN(C(=O)OC(C)(C)C)CC3C)CCC[C@H]2c2cccc(F)c2)cc1. The van der Waals surface area contributed by atoms with Gasteiger partial charge in [0.2, 0.25) is 10.0 Å². The smallest absolute Gasteiger partial charge is 0.410 e. The van der Waals surface area contributed by atoms with Gasteiger partial charge in [0.15, 0.2) is 0 Å². The van der Waals surface area contributed by atoms with Gasteiger partial charge in [-0.05, 0) is 83.7 Å². The van der Waals surface area contributed by atoms with Crippen LogP contribution >= 0.6 is 0 Å². The van der Waals surface area contributed by atoms with Crippen molar-refractivity contribution in [3.63, 3.8) is 0 Å². The third kappa shape index (κ3) is 7.37. The predicted molar refractivity (Wildman–Crippen MR) is 152 cm³/mol. The number of hydrogen-bond acceptors (Lipinski definition) is 6. The molecule has 224 valence electrons. The predicted octanol–water partition coefficient (Wildman–Crippen LogP) is 5.50. The third-order valence-electron chi connectivity index (χ3n) is 7.42. The van der Waals surface area contributed by atoms with Gasteiger partial charge in [-0.2, -0.15) is 4.31 Å². The highest BCUT2D eigenvalue weighted by molar-refractivity contribution is 7.89. The molecule has 2 amide bonds. The molecular formula is C30H40FN3O6S. The van der Waals surface area contributed by atoms with Crippen LogP contribution in [0.25, 0.3) is 0 Å². The number of nitrogens with zero attached hydrogens (tertiary/aromatic N) is 3. The number of rotatable bonds is 5. The van der Waals surface area contributed by atoms with E-state index in [-0.39, 0.29) is 24.1 Å². The maximum Gasteiger partial charge on any atom is 0.410 e. The zero-order valence-electron chi connectivity index (χ0n) is 24.4. The van der Waals surface area contributed by atoms with Crippen molar-refractivity contribution in [3.8, 4) is 0 Å². The van der Waals surface area contributed by atoms with Crippen molar-refractivity contribution in [1.82, 2.24) is 14.1 Å². The summed E-state index contributed by atoms with van der Waals surface area (Å²) in [6, 6.07) is 11.0. The number of piperazine rings is 1. The van der Waals surface area contributed by atoms with Crippen LogP contribution in [0.5, 0.6) is 0 Å². The van der Waals surface area contributed by atoms with Crippen molar-refractivity contribution < 1.29 is 31.9 Å². The Hall–Kier alpha value is -3.18. The van der Waals surface area contributed by atoms with Crippen molar-refractivity contribution >= 4 is 22.2 Å². The molecule has 3 atom stereocenters. The van der Waals surface area contributed by atoms with Crippen LogP contribution in [0.1, 0.15) is 64.1 Å². The molecule has 0 radical (unpaired) electrons. The zero-order valence-corrected chi connectivity index (χ0v) is 25.2. The van der Waals surface area contributed by atoms with E-state index in [0.29, 0.717) is 37.9 Å². The quantitative estimate of drug-likeness (QED) is 0.457. The number of sulfonamides is 1. The molecule has 1 unspecified atom stereocenters. The number of benzene rings is 2. The van der Waals surface area contributed by atoms with E-state index in [1.165, 1.54) is 16.4 Å². The maximum absolute atomic E-state index is 14.2. The zero-order chi connectivity index (χ0) is 29.9. The number of ether oxygens (including phenoxy) is 2. The molecule has 11 heteroatoms. The minimum atomic E-state index is -4.01. The van der Waals surface area contributed by atoms with E-state index in [2.05, 4.69) is 0 Å². The second-order valence-electron chi connectivity index (χ2n) is 11.8. The van der Waals surface area contributed by atoms with Crippen molar-refractivity contribution in [1.29, 1.82) is 0 Å². The summed E-state index contributed by atoms with van der Waals surface area (Å²) < 4.78 is 54.8. The maximum atomic E-state index is 14.2. The molecule has 0 saturated carbocycles. The highest BCUT2D eigenvalue weighted by Gasteiger charge is 2.42. The number of aryl methyl sites for hydroxylation is 1. The van der Waals surface area contributed by atoms with E-state index >= 15 is 0 Å². The van der Waals surface area contributed by atoms with E-state index in [9.17, 15) is 22.4 Å². The van der Waals surface area contributed by atoms with Gasteiger partial charge >= 0.3 is 12.2 Å². The van der Waals surface area contributed by atoms with Crippen LogP contribution < -0.4 is 0 Å². The summed E-state index contributed by atoms with van der Waals surface area (Å²) in [6.07, 6.45) is 0.699. The van der Waals surface area contributed by atoms with Gasteiger partial charge in [0.1, 0.15) is 18.0 Å². The first-order chi connectivity index (χ1) is 19.3.